The molecule has 2 aliphatic heterocycles. The van der Waals surface area contributed by atoms with Crippen LogP contribution in [-0.2, 0) is 9.47 Å². The lowest BCUT2D eigenvalue weighted by atomic mass is 9.91. The predicted molar refractivity (Wildman–Crippen MR) is 115 cm³/mol. The lowest BCUT2D eigenvalue weighted by molar-refractivity contribution is -0.178. The highest BCUT2D eigenvalue weighted by Crippen LogP contribution is 2.68. The predicted octanol–water partition coefficient (Wildman–Crippen LogP) is 5.86. The molecule has 2 aromatic carbocycles. The lowest BCUT2D eigenvalue weighted by Gasteiger charge is -2.55. The summed E-state index contributed by atoms with van der Waals surface area (Å²) < 4.78 is 12.3. The minimum atomic E-state index is -0.412. The van der Waals surface area contributed by atoms with Crippen LogP contribution in [0.2, 0.25) is 0 Å². The Labute approximate surface area is 165 Å². The Morgan fingerprint density at radius 3 is 1.85 bits per heavy atom. The third-order valence-corrected chi connectivity index (χ3v) is 9.62. The SMILES string of the molecule is Cc1ccccc1-c1ccccc1P1C(C)(C)CC2(CC1(C)C)OCCO2. The lowest BCUT2D eigenvalue weighted by Crippen LogP contribution is -2.52. The second kappa shape index (κ2) is 6.69. The Hall–Kier alpha value is -1.21. The van der Waals surface area contributed by atoms with Gasteiger partial charge in [-0.3, -0.25) is 0 Å². The van der Waals surface area contributed by atoms with Crippen molar-refractivity contribution in [2.24, 2.45) is 0 Å². The van der Waals surface area contributed by atoms with Gasteiger partial charge in [0, 0.05) is 12.8 Å². The van der Waals surface area contributed by atoms with Crippen LogP contribution in [0.3, 0.4) is 0 Å². The molecule has 2 aromatic rings. The summed E-state index contributed by atoms with van der Waals surface area (Å²) in [4.78, 5) is 0. The Morgan fingerprint density at radius 1 is 0.741 bits per heavy atom. The van der Waals surface area contributed by atoms with E-state index in [0.29, 0.717) is 0 Å². The molecule has 0 bridgehead atoms. The first-order valence-electron chi connectivity index (χ1n) is 9.98. The summed E-state index contributed by atoms with van der Waals surface area (Å²) in [5, 5.41) is 1.80. The first-order valence-corrected chi connectivity index (χ1v) is 11.3. The molecule has 2 fully saturated rings. The van der Waals surface area contributed by atoms with E-state index in [-0.39, 0.29) is 16.1 Å². The summed E-state index contributed by atoms with van der Waals surface area (Å²) in [7, 11) is -0.412. The Balaban J connectivity index is 1.83. The van der Waals surface area contributed by atoms with Crippen molar-refractivity contribution in [2.75, 3.05) is 13.2 Å². The molecule has 0 unspecified atom stereocenters. The smallest absolute Gasteiger partial charge is 0.170 e. The zero-order chi connectivity index (χ0) is 19.3. The molecule has 0 atom stereocenters. The molecule has 2 aliphatic rings. The van der Waals surface area contributed by atoms with Crippen molar-refractivity contribution in [3.05, 3.63) is 54.1 Å². The Bertz CT molecular complexity index is 814. The summed E-state index contributed by atoms with van der Waals surface area (Å²) in [5.74, 6) is -0.385. The molecule has 0 amide bonds. The number of hydrogen-bond donors (Lipinski definition) is 0. The fourth-order valence-corrected chi connectivity index (χ4v) is 9.90. The third kappa shape index (κ3) is 3.37. The van der Waals surface area contributed by atoms with Gasteiger partial charge in [0.25, 0.3) is 0 Å². The highest BCUT2D eigenvalue weighted by Gasteiger charge is 2.57. The third-order valence-electron chi connectivity index (χ3n) is 6.01. The fraction of sp³-hybridized carbons (Fsp3) is 0.500. The summed E-state index contributed by atoms with van der Waals surface area (Å²) >= 11 is 0. The van der Waals surface area contributed by atoms with Gasteiger partial charge in [-0.1, -0.05) is 84.1 Å². The Morgan fingerprint density at radius 2 is 1.26 bits per heavy atom. The molecule has 0 N–H and O–H groups in total. The molecule has 0 radical (unpaired) electrons. The molecular weight excluding hydrogens is 351 g/mol. The molecule has 144 valence electrons. The maximum absolute atomic E-state index is 6.16. The van der Waals surface area contributed by atoms with Crippen LogP contribution in [0, 0.1) is 6.92 Å². The van der Waals surface area contributed by atoms with Crippen molar-refractivity contribution in [1.29, 1.82) is 0 Å². The van der Waals surface area contributed by atoms with Gasteiger partial charge in [-0.15, -0.1) is 0 Å². The van der Waals surface area contributed by atoms with E-state index in [1.165, 1.54) is 22.0 Å². The summed E-state index contributed by atoms with van der Waals surface area (Å²) in [6, 6.07) is 17.8. The van der Waals surface area contributed by atoms with Crippen LogP contribution in [0.1, 0.15) is 46.1 Å². The van der Waals surface area contributed by atoms with Gasteiger partial charge in [0.15, 0.2) is 5.79 Å². The number of aryl methyl sites for hydroxylation is 1. The first-order chi connectivity index (χ1) is 12.7. The van der Waals surface area contributed by atoms with E-state index in [9.17, 15) is 0 Å². The monoisotopic (exact) mass is 382 g/mol. The number of ether oxygens (including phenoxy) is 2. The second-order valence-electron chi connectivity index (χ2n) is 9.25. The second-order valence-corrected chi connectivity index (χ2v) is 12.8. The van der Waals surface area contributed by atoms with Crippen LogP contribution in [-0.4, -0.2) is 29.3 Å². The van der Waals surface area contributed by atoms with Crippen molar-refractivity contribution in [2.45, 2.75) is 63.6 Å². The minimum Gasteiger partial charge on any atom is -0.347 e. The zero-order valence-electron chi connectivity index (χ0n) is 17.2. The van der Waals surface area contributed by atoms with Crippen LogP contribution >= 0.6 is 7.92 Å². The quantitative estimate of drug-likeness (QED) is 0.606. The summed E-state index contributed by atoms with van der Waals surface area (Å²) in [6.45, 7) is 13.3. The molecule has 0 aromatic heterocycles. The van der Waals surface area contributed by atoms with Gasteiger partial charge < -0.3 is 9.47 Å². The number of rotatable bonds is 2. The van der Waals surface area contributed by atoms with Gasteiger partial charge in [-0.2, -0.15) is 0 Å². The number of hydrogen-bond acceptors (Lipinski definition) is 2. The van der Waals surface area contributed by atoms with Gasteiger partial charge in [0.05, 0.1) is 13.2 Å². The van der Waals surface area contributed by atoms with Crippen molar-refractivity contribution in [1.82, 2.24) is 0 Å². The van der Waals surface area contributed by atoms with E-state index < -0.39 is 7.92 Å². The molecule has 3 heteroatoms. The van der Waals surface area contributed by atoms with E-state index in [1.54, 1.807) is 0 Å². The van der Waals surface area contributed by atoms with Gasteiger partial charge in [-0.25, -0.2) is 0 Å². The van der Waals surface area contributed by atoms with Crippen LogP contribution < -0.4 is 5.30 Å². The fourth-order valence-electron chi connectivity index (χ4n) is 5.48. The highest BCUT2D eigenvalue weighted by atomic mass is 31.1. The van der Waals surface area contributed by atoms with E-state index >= 15 is 0 Å². The number of benzene rings is 2. The molecule has 1 spiro atoms. The van der Waals surface area contributed by atoms with E-state index in [4.69, 9.17) is 9.47 Å². The first kappa shape index (κ1) is 19.1. The van der Waals surface area contributed by atoms with E-state index in [1.807, 2.05) is 0 Å². The maximum Gasteiger partial charge on any atom is 0.170 e. The normalized spacial score (nSPS) is 23.6. The van der Waals surface area contributed by atoms with Crippen LogP contribution in [0.25, 0.3) is 11.1 Å². The van der Waals surface area contributed by atoms with Crippen molar-refractivity contribution in [3.8, 4) is 11.1 Å². The molecule has 2 heterocycles. The van der Waals surface area contributed by atoms with Crippen molar-refractivity contribution in [3.63, 3.8) is 0 Å². The van der Waals surface area contributed by atoms with Crippen molar-refractivity contribution < 1.29 is 9.47 Å². The molecule has 0 saturated carbocycles. The van der Waals surface area contributed by atoms with Gasteiger partial charge in [0.1, 0.15) is 0 Å². The van der Waals surface area contributed by atoms with Crippen LogP contribution in [0.5, 0.6) is 0 Å². The van der Waals surface area contributed by atoms with Gasteiger partial charge in [-0.05, 0) is 39.2 Å². The van der Waals surface area contributed by atoms with Crippen molar-refractivity contribution >= 4 is 13.2 Å². The standard InChI is InChI=1S/C24H31O2P/c1-18-10-6-7-11-19(18)20-12-8-9-13-21(20)27-22(2,3)16-24(17-23(27,4)5)25-14-15-26-24/h6-13H,14-17H2,1-5H3. The molecule has 2 saturated heterocycles. The molecule has 27 heavy (non-hydrogen) atoms. The molecular formula is C24H31O2P. The molecule has 2 nitrogen and oxygen atoms in total. The van der Waals surface area contributed by atoms with Gasteiger partial charge in [0.2, 0.25) is 0 Å². The van der Waals surface area contributed by atoms with Gasteiger partial charge >= 0.3 is 0 Å². The molecule has 0 aliphatic carbocycles. The van der Waals surface area contributed by atoms with E-state index in [2.05, 4.69) is 83.1 Å². The average molecular weight is 382 g/mol. The summed E-state index contributed by atoms with van der Waals surface area (Å²) in [6.07, 6.45) is 1.94. The largest absolute Gasteiger partial charge is 0.347 e. The Kier molecular flexibility index (Phi) is 4.74. The van der Waals surface area contributed by atoms with Crippen LogP contribution in [0.4, 0.5) is 0 Å². The average Bonchev–Trinajstić information content (AvgIpc) is 3.00. The molecule has 4 rings (SSSR count). The maximum atomic E-state index is 6.16. The zero-order valence-corrected chi connectivity index (χ0v) is 18.1. The minimum absolute atomic E-state index is 0.139. The van der Waals surface area contributed by atoms with Crippen LogP contribution in [0.15, 0.2) is 48.5 Å². The topological polar surface area (TPSA) is 18.5 Å². The highest BCUT2D eigenvalue weighted by molar-refractivity contribution is 7.69. The summed E-state index contributed by atoms with van der Waals surface area (Å²) in [5.41, 5.74) is 4.09. The van der Waals surface area contributed by atoms with E-state index in [0.717, 1.165) is 26.1 Å².